The number of hydrogen-bond acceptors (Lipinski definition) is 1. The molecule has 0 radical (unpaired) electrons. The molecule has 0 fully saturated rings. The van der Waals surface area contributed by atoms with E-state index in [0.29, 0.717) is 9.13 Å². The Morgan fingerprint density at radius 2 is 1.61 bits per heavy atom. The van der Waals surface area contributed by atoms with Crippen molar-refractivity contribution in [2.45, 2.75) is 6.92 Å². The number of halogens is 3. The molecule has 92 valence electrons. The van der Waals surface area contributed by atoms with Crippen molar-refractivity contribution in [3.8, 4) is 0 Å². The number of aryl methyl sites for hydroxylation is 1. The fourth-order valence-corrected chi connectivity index (χ4v) is 2.28. The van der Waals surface area contributed by atoms with Gasteiger partial charge in [0, 0.05) is 9.13 Å². The highest BCUT2D eigenvalue weighted by molar-refractivity contribution is 14.1. The molecule has 0 aromatic heterocycles. The van der Waals surface area contributed by atoms with Crippen LogP contribution < -0.4 is 0 Å². The molecule has 0 aliphatic rings. The van der Waals surface area contributed by atoms with Crippen LogP contribution in [0.4, 0.5) is 8.78 Å². The van der Waals surface area contributed by atoms with Gasteiger partial charge in [-0.15, -0.1) is 0 Å². The molecule has 0 atom stereocenters. The van der Waals surface area contributed by atoms with Crippen LogP contribution in [0.2, 0.25) is 0 Å². The van der Waals surface area contributed by atoms with Crippen molar-refractivity contribution >= 4 is 28.4 Å². The van der Waals surface area contributed by atoms with Gasteiger partial charge < -0.3 is 0 Å². The van der Waals surface area contributed by atoms with Crippen molar-refractivity contribution in [1.82, 2.24) is 0 Å². The molecule has 2 aromatic rings. The van der Waals surface area contributed by atoms with Crippen LogP contribution in [0.1, 0.15) is 21.5 Å². The predicted octanol–water partition coefficient (Wildman–Crippen LogP) is 4.11. The van der Waals surface area contributed by atoms with Crippen LogP contribution in [0.5, 0.6) is 0 Å². The third-order valence-electron chi connectivity index (χ3n) is 2.63. The molecule has 0 N–H and O–H groups in total. The van der Waals surface area contributed by atoms with Crippen LogP contribution in [0.3, 0.4) is 0 Å². The second kappa shape index (κ2) is 5.14. The van der Waals surface area contributed by atoms with E-state index in [1.165, 1.54) is 6.07 Å². The largest absolute Gasteiger partial charge is 0.288 e. The molecule has 0 saturated carbocycles. The zero-order valence-electron chi connectivity index (χ0n) is 9.51. The maximum atomic E-state index is 13.6. The van der Waals surface area contributed by atoms with Gasteiger partial charge in [0.15, 0.2) is 5.78 Å². The predicted molar refractivity (Wildman–Crippen MR) is 73.7 cm³/mol. The summed E-state index contributed by atoms with van der Waals surface area (Å²) in [6, 6.07) is 8.52. The first-order chi connectivity index (χ1) is 8.52. The fourth-order valence-electron chi connectivity index (χ4n) is 1.67. The molecule has 0 saturated heterocycles. The Morgan fingerprint density at radius 1 is 1.06 bits per heavy atom. The number of rotatable bonds is 2. The summed E-state index contributed by atoms with van der Waals surface area (Å²) in [6.45, 7) is 1.84. The van der Waals surface area contributed by atoms with E-state index in [4.69, 9.17) is 0 Å². The van der Waals surface area contributed by atoms with E-state index in [1.54, 1.807) is 12.1 Å². The number of carbonyl (C=O) groups is 1. The van der Waals surface area contributed by atoms with Crippen molar-refractivity contribution in [2.75, 3.05) is 0 Å². The minimum atomic E-state index is -0.836. The molecule has 1 nitrogen and oxygen atoms in total. The first kappa shape index (κ1) is 13.1. The Hall–Kier alpha value is -1.30. The Labute approximate surface area is 117 Å². The number of carbonyl (C=O) groups excluding carboxylic acids is 1. The van der Waals surface area contributed by atoms with Gasteiger partial charge in [0.25, 0.3) is 0 Å². The maximum absolute atomic E-state index is 13.6. The summed E-state index contributed by atoms with van der Waals surface area (Å²) in [6.07, 6.45) is 0. The zero-order chi connectivity index (χ0) is 13.3. The van der Waals surface area contributed by atoms with Crippen molar-refractivity contribution in [1.29, 1.82) is 0 Å². The van der Waals surface area contributed by atoms with Crippen LogP contribution >= 0.6 is 22.6 Å². The van der Waals surface area contributed by atoms with Gasteiger partial charge in [-0.2, -0.15) is 0 Å². The Morgan fingerprint density at radius 3 is 2.22 bits per heavy atom. The lowest BCUT2D eigenvalue weighted by Gasteiger charge is -2.07. The van der Waals surface area contributed by atoms with E-state index in [2.05, 4.69) is 0 Å². The van der Waals surface area contributed by atoms with Gasteiger partial charge >= 0.3 is 0 Å². The molecule has 2 rings (SSSR count). The van der Waals surface area contributed by atoms with Crippen molar-refractivity contribution in [3.05, 3.63) is 68.3 Å². The highest BCUT2D eigenvalue weighted by atomic mass is 127. The molecule has 2 aromatic carbocycles. The van der Waals surface area contributed by atoms with Crippen molar-refractivity contribution in [3.63, 3.8) is 0 Å². The number of hydrogen-bond donors (Lipinski definition) is 0. The van der Waals surface area contributed by atoms with E-state index >= 15 is 0 Å². The van der Waals surface area contributed by atoms with Crippen molar-refractivity contribution in [2.24, 2.45) is 0 Å². The first-order valence-electron chi connectivity index (χ1n) is 5.26. The molecule has 4 heteroatoms. The van der Waals surface area contributed by atoms with Crippen molar-refractivity contribution < 1.29 is 13.6 Å². The summed E-state index contributed by atoms with van der Waals surface area (Å²) in [5.41, 5.74) is 0.721. The summed E-state index contributed by atoms with van der Waals surface area (Å²) < 4.78 is 27.8. The van der Waals surface area contributed by atoms with Gasteiger partial charge in [-0.3, -0.25) is 4.79 Å². The molecular formula is C14H9F2IO. The normalized spacial score (nSPS) is 10.4. The second-order valence-corrected chi connectivity index (χ2v) is 4.94. The van der Waals surface area contributed by atoms with Gasteiger partial charge in [-0.05, 0) is 53.3 Å². The van der Waals surface area contributed by atoms with Gasteiger partial charge in [-0.25, -0.2) is 8.78 Å². The van der Waals surface area contributed by atoms with Crippen LogP contribution in [-0.2, 0) is 0 Å². The minimum absolute atomic E-state index is 0.319. The zero-order valence-corrected chi connectivity index (χ0v) is 11.7. The highest BCUT2D eigenvalue weighted by Crippen LogP contribution is 2.22. The van der Waals surface area contributed by atoms with Crippen LogP contribution in [0.25, 0.3) is 0 Å². The van der Waals surface area contributed by atoms with Gasteiger partial charge in [-0.1, -0.05) is 18.2 Å². The molecule has 0 unspecified atom stereocenters. The van der Waals surface area contributed by atoms with Crippen LogP contribution in [-0.4, -0.2) is 5.78 Å². The quantitative estimate of drug-likeness (QED) is 0.583. The average Bonchev–Trinajstić information content (AvgIpc) is 2.32. The summed E-state index contributed by atoms with van der Waals surface area (Å²) >= 11 is 2.00. The lowest BCUT2D eigenvalue weighted by Crippen LogP contribution is -2.09. The third kappa shape index (κ3) is 2.29. The van der Waals surface area contributed by atoms with E-state index < -0.39 is 23.0 Å². The van der Waals surface area contributed by atoms with E-state index in [-0.39, 0.29) is 0 Å². The SMILES string of the molecule is Cc1cccc(C(=O)c2c(F)cccc2F)c1I. The van der Waals surface area contributed by atoms with Gasteiger partial charge in [0.2, 0.25) is 0 Å². The summed E-state index contributed by atoms with van der Waals surface area (Å²) in [4.78, 5) is 12.2. The molecule has 0 aliphatic heterocycles. The second-order valence-electron chi connectivity index (χ2n) is 3.86. The average molecular weight is 358 g/mol. The Balaban J connectivity index is 2.59. The van der Waals surface area contributed by atoms with Crippen LogP contribution in [0.15, 0.2) is 36.4 Å². The van der Waals surface area contributed by atoms with E-state index in [0.717, 1.165) is 17.7 Å². The summed E-state index contributed by atoms with van der Waals surface area (Å²) in [5.74, 6) is -2.30. The molecule has 18 heavy (non-hydrogen) atoms. The number of benzene rings is 2. The molecule has 0 spiro atoms. The maximum Gasteiger partial charge on any atom is 0.200 e. The smallest absolute Gasteiger partial charge is 0.200 e. The lowest BCUT2D eigenvalue weighted by atomic mass is 10.0. The highest BCUT2D eigenvalue weighted by Gasteiger charge is 2.20. The summed E-state index contributed by atoms with van der Waals surface area (Å²) in [5, 5.41) is 0. The molecule has 0 heterocycles. The fraction of sp³-hybridized carbons (Fsp3) is 0.0714. The Kier molecular flexibility index (Phi) is 3.75. The monoisotopic (exact) mass is 358 g/mol. The minimum Gasteiger partial charge on any atom is -0.288 e. The van der Waals surface area contributed by atoms with Gasteiger partial charge in [0.05, 0.1) is 5.56 Å². The van der Waals surface area contributed by atoms with Crippen LogP contribution in [0, 0.1) is 22.1 Å². The first-order valence-corrected chi connectivity index (χ1v) is 6.34. The lowest BCUT2D eigenvalue weighted by molar-refractivity contribution is 0.103. The third-order valence-corrected chi connectivity index (χ3v) is 4.06. The molecule has 0 aliphatic carbocycles. The summed E-state index contributed by atoms with van der Waals surface area (Å²) in [7, 11) is 0. The molecular weight excluding hydrogens is 349 g/mol. The standard InChI is InChI=1S/C14H9F2IO/c1-8-4-2-5-9(13(8)17)14(18)12-10(15)6-3-7-11(12)16/h2-7H,1H3. The van der Waals surface area contributed by atoms with E-state index in [1.807, 2.05) is 35.6 Å². The van der Waals surface area contributed by atoms with E-state index in [9.17, 15) is 13.6 Å². The topological polar surface area (TPSA) is 17.1 Å². The number of ketones is 1. The molecule has 0 bridgehead atoms. The molecule has 0 amide bonds. The van der Waals surface area contributed by atoms with Gasteiger partial charge in [0.1, 0.15) is 11.6 Å². The Bertz CT molecular complexity index is 603.